The van der Waals surface area contributed by atoms with Crippen LogP contribution in [-0.2, 0) is 11.2 Å². The lowest BCUT2D eigenvalue weighted by molar-refractivity contribution is 0.168. The molecule has 0 bridgehead atoms. The number of methoxy groups -OCH3 is 1. The summed E-state index contributed by atoms with van der Waals surface area (Å²) in [5, 5.41) is 3.15. The second-order valence-electron chi connectivity index (χ2n) is 2.81. The number of nitrogens with one attached hydrogen (secondary N) is 1. The number of aromatic nitrogens is 2. The van der Waals surface area contributed by atoms with Crippen LogP contribution in [0.2, 0.25) is 0 Å². The molecule has 1 aromatic heterocycles. The average Bonchev–Trinajstić information content (AvgIpc) is 2.19. The van der Waals surface area contributed by atoms with Crippen LogP contribution >= 0.6 is 0 Å². The van der Waals surface area contributed by atoms with Gasteiger partial charge >= 0.3 is 0 Å². The third-order valence-electron chi connectivity index (χ3n) is 1.82. The highest BCUT2D eigenvalue weighted by Gasteiger charge is 2.07. The molecular formula is C9H15N3O. The largest absolute Gasteiger partial charge is 0.383 e. The van der Waals surface area contributed by atoms with Gasteiger partial charge in [-0.2, -0.15) is 0 Å². The zero-order valence-electron chi connectivity index (χ0n) is 8.03. The van der Waals surface area contributed by atoms with E-state index in [0.717, 1.165) is 12.2 Å². The number of likely N-dealkylation sites (N-methyl/N-ethyl adjacent to an activating group) is 1. The van der Waals surface area contributed by atoms with E-state index in [1.807, 2.05) is 13.1 Å². The number of hydrogen-bond donors (Lipinski definition) is 1. The van der Waals surface area contributed by atoms with Crippen molar-refractivity contribution in [3.05, 3.63) is 24.3 Å². The molecule has 0 saturated carbocycles. The first-order chi connectivity index (χ1) is 6.36. The van der Waals surface area contributed by atoms with Crippen LogP contribution in [0.25, 0.3) is 0 Å². The molecule has 0 spiro atoms. The molecule has 13 heavy (non-hydrogen) atoms. The molecule has 4 nitrogen and oxygen atoms in total. The van der Waals surface area contributed by atoms with Gasteiger partial charge in [0.05, 0.1) is 6.61 Å². The van der Waals surface area contributed by atoms with Crippen molar-refractivity contribution in [1.29, 1.82) is 0 Å². The van der Waals surface area contributed by atoms with Gasteiger partial charge in [0.1, 0.15) is 5.82 Å². The third-order valence-corrected chi connectivity index (χ3v) is 1.82. The van der Waals surface area contributed by atoms with E-state index < -0.39 is 0 Å². The van der Waals surface area contributed by atoms with Crippen molar-refractivity contribution in [2.45, 2.75) is 12.5 Å². The maximum atomic E-state index is 5.05. The van der Waals surface area contributed by atoms with E-state index in [9.17, 15) is 0 Å². The van der Waals surface area contributed by atoms with Crippen LogP contribution in [0.15, 0.2) is 18.5 Å². The summed E-state index contributed by atoms with van der Waals surface area (Å²) in [6, 6.07) is 2.10. The predicted octanol–water partition coefficient (Wildman–Crippen LogP) is 0.253. The molecule has 0 aliphatic carbocycles. The van der Waals surface area contributed by atoms with E-state index in [1.54, 1.807) is 19.5 Å². The fourth-order valence-electron chi connectivity index (χ4n) is 1.10. The Bertz CT molecular complexity index is 228. The smallest absolute Gasteiger partial charge is 0.129 e. The van der Waals surface area contributed by atoms with Gasteiger partial charge in [0.15, 0.2) is 0 Å². The van der Waals surface area contributed by atoms with E-state index in [-0.39, 0.29) is 6.04 Å². The van der Waals surface area contributed by atoms with Crippen LogP contribution in [0.4, 0.5) is 0 Å². The van der Waals surface area contributed by atoms with Crippen LogP contribution in [0.1, 0.15) is 5.82 Å². The summed E-state index contributed by atoms with van der Waals surface area (Å²) in [6.07, 6.45) is 4.30. The van der Waals surface area contributed by atoms with Crippen LogP contribution in [0, 0.1) is 0 Å². The summed E-state index contributed by atoms with van der Waals surface area (Å²) in [5.74, 6) is 0.846. The Labute approximate surface area is 78.4 Å². The van der Waals surface area contributed by atoms with Gasteiger partial charge in [-0.15, -0.1) is 0 Å². The van der Waals surface area contributed by atoms with Crippen LogP contribution in [-0.4, -0.2) is 36.8 Å². The van der Waals surface area contributed by atoms with Crippen molar-refractivity contribution >= 4 is 0 Å². The summed E-state index contributed by atoms with van der Waals surface area (Å²) < 4.78 is 5.05. The predicted molar refractivity (Wildman–Crippen MR) is 50.5 cm³/mol. The Hall–Kier alpha value is -1.00. The standard InChI is InChI=1S/C9H15N3O/c1-10-8(7-13-2)6-9-11-4-3-5-12-9/h3-5,8,10H,6-7H2,1-2H3. The molecule has 1 unspecified atom stereocenters. The Morgan fingerprint density at radius 2 is 2.15 bits per heavy atom. The molecule has 0 aliphatic rings. The summed E-state index contributed by atoms with van der Waals surface area (Å²) in [7, 11) is 3.60. The van der Waals surface area contributed by atoms with Gasteiger partial charge in [-0.25, -0.2) is 9.97 Å². The molecular weight excluding hydrogens is 166 g/mol. The molecule has 4 heteroatoms. The van der Waals surface area contributed by atoms with Crippen LogP contribution in [0.5, 0.6) is 0 Å². The summed E-state index contributed by atoms with van der Waals surface area (Å²) >= 11 is 0. The monoisotopic (exact) mass is 181 g/mol. The third kappa shape index (κ3) is 3.48. The minimum absolute atomic E-state index is 0.285. The van der Waals surface area contributed by atoms with Gasteiger partial charge in [0.25, 0.3) is 0 Å². The first-order valence-corrected chi connectivity index (χ1v) is 4.29. The first kappa shape index (κ1) is 10.1. The van der Waals surface area contributed by atoms with E-state index in [2.05, 4.69) is 15.3 Å². The minimum atomic E-state index is 0.285. The highest BCUT2D eigenvalue weighted by molar-refractivity contribution is 4.91. The van der Waals surface area contributed by atoms with Gasteiger partial charge in [-0.3, -0.25) is 0 Å². The van der Waals surface area contributed by atoms with Crippen LogP contribution in [0.3, 0.4) is 0 Å². The first-order valence-electron chi connectivity index (χ1n) is 4.29. The number of nitrogens with zero attached hydrogens (tertiary/aromatic N) is 2. The SMILES string of the molecule is CNC(COC)Cc1ncccn1. The summed E-state index contributed by atoms with van der Waals surface area (Å²) in [6.45, 7) is 0.675. The molecule has 1 heterocycles. The lowest BCUT2D eigenvalue weighted by atomic mass is 10.2. The van der Waals surface area contributed by atoms with E-state index in [0.29, 0.717) is 6.61 Å². The van der Waals surface area contributed by atoms with Crippen molar-refractivity contribution in [2.24, 2.45) is 0 Å². The fourth-order valence-corrected chi connectivity index (χ4v) is 1.10. The Morgan fingerprint density at radius 3 is 2.69 bits per heavy atom. The van der Waals surface area contributed by atoms with Gasteiger partial charge < -0.3 is 10.1 Å². The molecule has 72 valence electrons. The molecule has 0 amide bonds. The van der Waals surface area contributed by atoms with Gasteiger partial charge in [-0.05, 0) is 13.1 Å². The van der Waals surface area contributed by atoms with Gasteiger partial charge in [-0.1, -0.05) is 0 Å². The zero-order valence-corrected chi connectivity index (χ0v) is 8.03. The topological polar surface area (TPSA) is 47.0 Å². The molecule has 0 radical (unpaired) electrons. The molecule has 0 aromatic carbocycles. The maximum Gasteiger partial charge on any atom is 0.129 e. The highest BCUT2D eigenvalue weighted by atomic mass is 16.5. The van der Waals surface area contributed by atoms with E-state index in [1.165, 1.54) is 0 Å². The van der Waals surface area contributed by atoms with Crippen molar-refractivity contribution in [2.75, 3.05) is 20.8 Å². The summed E-state index contributed by atoms with van der Waals surface area (Å²) in [4.78, 5) is 8.28. The Kier molecular flexibility index (Phi) is 4.35. The quantitative estimate of drug-likeness (QED) is 0.707. The van der Waals surface area contributed by atoms with Crippen molar-refractivity contribution in [1.82, 2.24) is 15.3 Å². The average molecular weight is 181 g/mol. The van der Waals surface area contributed by atoms with Crippen molar-refractivity contribution < 1.29 is 4.74 Å². The molecule has 0 aliphatic heterocycles. The molecule has 1 rings (SSSR count). The lowest BCUT2D eigenvalue weighted by Gasteiger charge is -2.13. The minimum Gasteiger partial charge on any atom is -0.383 e. The Morgan fingerprint density at radius 1 is 1.46 bits per heavy atom. The fraction of sp³-hybridized carbons (Fsp3) is 0.556. The van der Waals surface area contributed by atoms with Gasteiger partial charge in [0.2, 0.25) is 0 Å². The van der Waals surface area contributed by atoms with Crippen LogP contribution < -0.4 is 5.32 Å². The van der Waals surface area contributed by atoms with E-state index in [4.69, 9.17) is 4.74 Å². The second-order valence-corrected chi connectivity index (χ2v) is 2.81. The highest BCUT2D eigenvalue weighted by Crippen LogP contribution is 1.95. The van der Waals surface area contributed by atoms with Crippen molar-refractivity contribution in [3.63, 3.8) is 0 Å². The zero-order chi connectivity index (χ0) is 9.52. The lowest BCUT2D eigenvalue weighted by Crippen LogP contribution is -2.32. The van der Waals surface area contributed by atoms with Gasteiger partial charge in [0, 0.05) is 32.0 Å². The Balaban J connectivity index is 2.46. The molecule has 0 fully saturated rings. The van der Waals surface area contributed by atoms with Crippen molar-refractivity contribution in [3.8, 4) is 0 Å². The normalized spacial score (nSPS) is 12.8. The number of rotatable bonds is 5. The maximum absolute atomic E-state index is 5.05. The van der Waals surface area contributed by atoms with E-state index >= 15 is 0 Å². The molecule has 1 atom stereocenters. The molecule has 1 N–H and O–H groups in total. The second kappa shape index (κ2) is 5.61. The number of ether oxygens (including phenoxy) is 1. The molecule has 1 aromatic rings. The molecule has 0 saturated heterocycles. The summed E-state index contributed by atoms with van der Waals surface area (Å²) in [5.41, 5.74) is 0. The number of hydrogen-bond acceptors (Lipinski definition) is 4.